The molecule has 0 aromatic heterocycles. The van der Waals surface area contributed by atoms with Crippen LogP contribution in [0.4, 0.5) is 0 Å². The lowest BCUT2D eigenvalue weighted by Gasteiger charge is -2.34. The second-order valence-corrected chi connectivity index (χ2v) is 3.97. The van der Waals surface area contributed by atoms with Crippen LogP contribution in [0.1, 0.15) is 32.6 Å². The van der Waals surface area contributed by atoms with Crippen LogP contribution in [0.25, 0.3) is 0 Å². The second kappa shape index (κ2) is 2.20. The lowest BCUT2D eigenvalue weighted by Crippen LogP contribution is -2.35. The summed E-state index contributed by atoms with van der Waals surface area (Å²) in [6.07, 6.45) is 8.53. The van der Waals surface area contributed by atoms with E-state index in [1.807, 2.05) is 0 Å². The molecule has 0 aromatic rings. The normalized spacial score (nSPS) is 42.6. The van der Waals surface area contributed by atoms with Crippen molar-refractivity contribution in [1.82, 2.24) is 0 Å². The minimum atomic E-state index is -0.00174. The fourth-order valence-electron chi connectivity index (χ4n) is 2.34. The summed E-state index contributed by atoms with van der Waals surface area (Å²) in [6, 6.07) is 0. The maximum Gasteiger partial charge on any atom is 0.139 e. The number of allylic oxidation sites excluding steroid dienone is 2. The number of rotatable bonds is 0. The van der Waals surface area contributed by atoms with E-state index in [1.165, 1.54) is 6.42 Å². The zero-order valence-corrected chi connectivity index (χ0v) is 6.97. The van der Waals surface area contributed by atoms with Crippen LogP contribution in [0.2, 0.25) is 0 Å². The number of hydrogen-bond donors (Lipinski definition) is 0. The van der Waals surface area contributed by atoms with E-state index in [-0.39, 0.29) is 5.41 Å². The Kier molecular flexibility index (Phi) is 1.41. The van der Waals surface area contributed by atoms with Gasteiger partial charge in [0.1, 0.15) is 5.78 Å². The smallest absolute Gasteiger partial charge is 0.139 e. The van der Waals surface area contributed by atoms with Crippen LogP contribution in [0.15, 0.2) is 12.2 Å². The Balaban J connectivity index is 2.28. The number of ketones is 1. The SMILES string of the molecule is CC12CC=CC1CCCC2=O. The van der Waals surface area contributed by atoms with E-state index in [0.29, 0.717) is 11.7 Å². The van der Waals surface area contributed by atoms with Gasteiger partial charge in [-0.2, -0.15) is 0 Å². The maximum atomic E-state index is 11.6. The molecule has 60 valence electrons. The van der Waals surface area contributed by atoms with Gasteiger partial charge in [-0.25, -0.2) is 0 Å². The molecule has 1 fully saturated rings. The van der Waals surface area contributed by atoms with Crippen LogP contribution < -0.4 is 0 Å². The van der Waals surface area contributed by atoms with Crippen molar-refractivity contribution in [2.75, 3.05) is 0 Å². The lowest BCUT2D eigenvalue weighted by molar-refractivity contribution is -0.131. The van der Waals surface area contributed by atoms with Gasteiger partial charge in [-0.15, -0.1) is 0 Å². The second-order valence-electron chi connectivity index (χ2n) is 3.97. The Morgan fingerprint density at radius 1 is 1.64 bits per heavy atom. The lowest BCUT2D eigenvalue weighted by atomic mass is 9.68. The van der Waals surface area contributed by atoms with E-state index in [4.69, 9.17) is 0 Å². The monoisotopic (exact) mass is 150 g/mol. The third-order valence-corrected chi connectivity index (χ3v) is 3.28. The van der Waals surface area contributed by atoms with Crippen LogP contribution >= 0.6 is 0 Å². The molecule has 0 amide bonds. The molecule has 2 aliphatic rings. The fourth-order valence-corrected chi connectivity index (χ4v) is 2.34. The van der Waals surface area contributed by atoms with Gasteiger partial charge in [0.2, 0.25) is 0 Å². The molecule has 2 rings (SSSR count). The molecule has 0 aliphatic heterocycles. The topological polar surface area (TPSA) is 17.1 Å². The Bertz CT molecular complexity index is 217. The van der Waals surface area contributed by atoms with Gasteiger partial charge in [0, 0.05) is 11.8 Å². The first-order chi connectivity index (χ1) is 5.23. The zero-order chi connectivity index (χ0) is 7.90. The number of carbonyl (C=O) groups is 1. The molecule has 0 aromatic carbocycles. The van der Waals surface area contributed by atoms with Crippen molar-refractivity contribution < 1.29 is 4.79 Å². The molecule has 0 spiro atoms. The van der Waals surface area contributed by atoms with E-state index in [9.17, 15) is 4.79 Å². The average Bonchev–Trinajstić information content (AvgIpc) is 2.34. The molecule has 11 heavy (non-hydrogen) atoms. The third-order valence-electron chi connectivity index (χ3n) is 3.28. The molecule has 2 unspecified atom stereocenters. The predicted octanol–water partition coefficient (Wildman–Crippen LogP) is 2.32. The summed E-state index contributed by atoms with van der Waals surface area (Å²) < 4.78 is 0. The van der Waals surface area contributed by atoms with Gasteiger partial charge in [-0.05, 0) is 25.2 Å². The molecular formula is C10H14O. The van der Waals surface area contributed by atoms with Gasteiger partial charge in [0.15, 0.2) is 0 Å². The first-order valence-corrected chi connectivity index (χ1v) is 4.43. The summed E-state index contributed by atoms with van der Waals surface area (Å²) in [7, 11) is 0. The summed E-state index contributed by atoms with van der Waals surface area (Å²) in [5, 5.41) is 0. The molecule has 0 N–H and O–H groups in total. The highest BCUT2D eigenvalue weighted by molar-refractivity contribution is 5.86. The molecule has 2 atom stereocenters. The van der Waals surface area contributed by atoms with Crippen molar-refractivity contribution in [1.29, 1.82) is 0 Å². The summed E-state index contributed by atoms with van der Waals surface area (Å²) in [5.74, 6) is 1.04. The van der Waals surface area contributed by atoms with Crippen molar-refractivity contribution in [2.24, 2.45) is 11.3 Å². The standard InChI is InChI=1S/C10H14O/c1-10-7-3-5-8(10)4-2-6-9(10)11/h3,5,8H,2,4,6-7H2,1H3. The Hall–Kier alpha value is -0.590. The van der Waals surface area contributed by atoms with Crippen LogP contribution in [0.5, 0.6) is 0 Å². The van der Waals surface area contributed by atoms with E-state index >= 15 is 0 Å². The van der Waals surface area contributed by atoms with Crippen molar-refractivity contribution in [3.05, 3.63) is 12.2 Å². The van der Waals surface area contributed by atoms with Crippen molar-refractivity contribution in [3.8, 4) is 0 Å². The van der Waals surface area contributed by atoms with Gasteiger partial charge in [-0.1, -0.05) is 19.1 Å². The van der Waals surface area contributed by atoms with Crippen LogP contribution in [-0.4, -0.2) is 5.78 Å². The largest absolute Gasteiger partial charge is 0.299 e. The van der Waals surface area contributed by atoms with Crippen molar-refractivity contribution in [3.63, 3.8) is 0 Å². The summed E-state index contributed by atoms with van der Waals surface area (Å²) >= 11 is 0. The Labute approximate surface area is 67.5 Å². The quantitative estimate of drug-likeness (QED) is 0.484. The van der Waals surface area contributed by atoms with E-state index in [0.717, 1.165) is 19.3 Å². The molecule has 1 nitrogen and oxygen atoms in total. The van der Waals surface area contributed by atoms with E-state index in [2.05, 4.69) is 19.1 Å². The molecule has 1 heteroatoms. The van der Waals surface area contributed by atoms with Gasteiger partial charge in [0.25, 0.3) is 0 Å². The first kappa shape index (κ1) is 7.08. The van der Waals surface area contributed by atoms with Crippen LogP contribution in [-0.2, 0) is 4.79 Å². The fraction of sp³-hybridized carbons (Fsp3) is 0.700. The first-order valence-electron chi connectivity index (χ1n) is 4.43. The molecule has 0 saturated heterocycles. The van der Waals surface area contributed by atoms with Gasteiger partial charge in [-0.3, -0.25) is 4.79 Å². The Morgan fingerprint density at radius 2 is 2.45 bits per heavy atom. The number of fused-ring (bicyclic) bond motifs is 1. The molecule has 2 aliphatic carbocycles. The minimum absolute atomic E-state index is 0.00174. The molecule has 1 saturated carbocycles. The number of hydrogen-bond acceptors (Lipinski definition) is 1. The number of carbonyl (C=O) groups excluding carboxylic acids is 1. The van der Waals surface area contributed by atoms with Crippen LogP contribution in [0.3, 0.4) is 0 Å². The van der Waals surface area contributed by atoms with E-state index < -0.39 is 0 Å². The van der Waals surface area contributed by atoms with E-state index in [1.54, 1.807) is 0 Å². The highest BCUT2D eigenvalue weighted by Crippen LogP contribution is 2.45. The highest BCUT2D eigenvalue weighted by Gasteiger charge is 2.43. The zero-order valence-electron chi connectivity index (χ0n) is 6.97. The third kappa shape index (κ3) is 0.867. The Morgan fingerprint density at radius 3 is 3.18 bits per heavy atom. The average molecular weight is 150 g/mol. The summed E-state index contributed by atoms with van der Waals surface area (Å²) in [4.78, 5) is 11.6. The van der Waals surface area contributed by atoms with Gasteiger partial charge < -0.3 is 0 Å². The van der Waals surface area contributed by atoms with Crippen LogP contribution in [0, 0.1) is 11.3 Å². The molecule has 0 heterocycles. The van der Waals surface area contributed by atoms with Gasteiger partial charge in [0.05, 0.1) is 0 Å². The predicted molar refractivity (Wildman–Crippen MR) is 44.2 cm³/mol. The molecule has 0 radical (unpaired) electrons. The summed E-state index contributed by atoms with van der Waals surface area (Å²) in [6.45, 7) is 2.12. The van der Waals surface area contributed by atoms with Crippen molar-refractivity contribution in [2.45, 2.75) is 32.6 Å². The molecular weight excluding hydrogens is 136 g/mol. The molecule has 0 bridgehead atoms. The summed E-state index contributed by atoms with van der Waals surface area (Å²) in [5.41, 5.74) is -0.00174. The maximum absolute atomic E-state index is 11.6. The van der Waals surface area contributed by atoms with Gasteiger partial charge >= 0.3 is 0 Å². The number of Topliss-reactive ketones (excluding diaryl/α,β-unsaturated/α-hetero) is 1. The minimum Gasteiger partial charge on any atom is -0.299 e. The van der Waals surface area contributed by atoms with Crippen molar-refractivity contribution >= 4 is 5.78 Å². The highest BCUT2D eigenvalue weighted by atomic mass is 16.1.